The number of amides is 1. The van der Waals surface area contributed by atoms with E-state index in [1.165, 1.54) is 0 Å². The largest absolute Gasteiger partial charge is 0.445 e. The number of allylic oxidation sites excluding steroid dienone is 1. The molecule has 7 heteroatoms. The molecule has 2 unspecified atom stereocenters. The second-order valence-corrected chi connectivity index (χ2v) is 8.93. The average Bonchev–Trinajstić information content (AvgIpc) is 2.64. The summed E-state index contributed by atoms with van der Waals surface area (Å²) in [5, 5.41) is 9.18. The molecule has 0 radical (unpaired) electrons. The fourth-order valence-corrected chi connectivity index (χ4v) is 3.62. The van der Waals surface area contributed by atoms with Crippen LogP contribution < -0.4 is 16.0 Å². The zero-order chi connectivity index (χ0) is 22.1. The van der Waals surface area contributed by atoms with Crippen molar-refractivity contribution >= 4 is 17.7 Å². The van der Waals surface area contributed by atoms with Gasteiger partial charge >= 0.3 is 6.09 Å². The molecule has 0 aromatic rings. The van der Waals surface area contributed by atoms with Crippen LogP contribution in [0.1, 0.15) is 67.2 Å². The molecule has 0 saturated heterocycles. The van der Waals surface area contributed by atoms with Gasteiger partial charge in [-0.05, 0) is 47.0 Å². The minimum Gasteiger partial charge on any atom is -0.445 e. The zero-order valence-electron chi connectivity index (χ0n) is 18.9. The lowest BCUT2D eigenvalue weighted by Gasteiger charge is -2.35. The minimum absolute atomic E-state index is 0.0407. The summed E-state index contributed by atoms with van der Waals surface area (Å²) in [7, 11) is 0. The second kappa shape index (κ2) is 11.5. The Morgan fingerprint density at radius 1 is 1.14 bits per heavy atom. The van der Waals surface area contributed by atoms with Gasteiger partial charge in [0.05, 0.1) is 17.6 Å². The van der Waals surface area contributed by atoms with Crippen LogP contribution >= 0.6 is 0 Å². The van der Waals surface area contributed by atoms with Crippen molar-refractivity contribution in [1.82, 2.24) is 16.0 Å². The first-order valence-electron chi connectivity index (χ1n) is 10.7. The van der Waals surface area contributed by atoms with Gasteiger partial charge in [0.25, 0.3) is 0 Å². The molecule has 0 fully saturated rings. The number of carbonyl (C=O) groups is 3. The Kier molecular flexibility index (Phi) is 10.00. The van der Waals surface area contributed by atoms with Gasteiger partial charge in [-0.2, -0.15) is 0 Å². The van der Waals surface area contributed by atoms with E-state index in [1.807, 2.05) is 46.8 Å². The van der Waals surface area contributed by atoms with Crippen LogP contribution in [0.3, 0.4) is 0 Å². The van der Waals surface area contributed by atoms with Gasteiger partial charge in [0.1, 0.15) is 6.61 Å². The number of Topliss-reactive ketones (excluding diaryl/α,β-unsaturated/α-hetero) is 2. The lowest BCUT2D eigenvalue weighted by atomic mass is 9.83. The topological polar surface area (TPSA) is 96.5 Å². The molecule has 3 N–H and O–H groups in total. The molecule has 1 aliphatic heterocycles. The standard InChI is InChI=1S/C22H39N3O4/c1-16(2)19(27)21(5)12-10-8-7-9-11-13-29-20(28)23-15-22(6,25-17(3)4)18(26)14-24-21/h9,11,16-17,24-25H,7-8,10,12-15H2,1-6H3,(H,23,28)/b11-9+. The van der Waals surface area contributed by atoms with Crippen molar-refractivity contribution in [3.63, 3.8) is 0 Å². The van der Waals surface area contributed by atoms with Crippen LogP contribution in [-0.2, 0) is 14.3 Å². The predicted octanol–water partition coefficient (Wildman–Crippen LogP) is 2.74. The number of ketones is 2. The normalized spacial score (nSPS) is 29.4. The van der Waals surface area contributed by atoms with Gasteiger partial charge in [-0.15, -0.1) is 0 Å². The molecule has 0 spiro atoms. The minimum atomic E-state index is -0.977. The molecule has 29 heavy (non-hydrogen) atoms. The summed E-state index contributed by atoms with van der Waals surface area (Å²) in [5.74, 6) is -0.117. The van der Waals surface area contributed by atoms with E-state index in [-0.39, 0.29) is 43.2 Å². The summed E-state index contributed by atoms with van der Waals surface area (Å²) >= 11 is 0. The number of nitrogens with one attached hydrogen (secondary N) is 3. The Labute approximate surface area is 175 Å². The van der Waals surface area contributed by atoms with E-state index < -0.39 is 17.2 Å². The first kappa shape index (κ1) is 25.3. The molecular formula is C22H39N3O4. The van der Waals surface area contributed by atoms with Crippen molar-refractivity contribution < 1.29 is 19.1 Å². The summed E-state index contributed by atoms with van der Waals surface area (Å²) < 4.78 is 5.13. The zero-order valence-corrected chi connectivity index (χ0v) is 18.9. The van der Waals surface area contributed by atoms with E-state index in [0.29, 0.717) is 6.42 Å². The molecule has 1 heterocycles. The highest BCUT2D eigenvalue weighted by molar-refractivity contribution is 5.93. The molecule has 1 aliphatic rings. The molecule has 0 aliphatic carbocycles. The molecule has 0 saturated carbocycles. The molecule has 2 atom stereocenters. The van der Waals surface area contributed by atoms with Crippen molar-refractivity contribution in [2.24, 2.45) is 5.92 Å². The number of hydrogen-bond acceptors (Lipinski definition) is 6. The number of carbonyl (C=O) groups excluding carboxylic acids is 3. The molecule has 1 rings (SSSR count). The van der Waals surface area contributed by atoms with Crippen LogP contribution in [0.2, 0.25) is 0 Å². The molecule has 0 bridgehead atoms. The first-order valence-corrected chi connectivity index (χ1v) is 10.7. The molecular weight excluding hydrogens is 370 g/mol. The third-order valence-corrected chi connectivity index (χ3v) is 5.29. The molecule has 7 nitrogen and oxygen atoms in total. The Bertz CT molecular complexity index is 603. The highest BCUT2D eigenvalue weighted by atomic mass is 16.5. The van der Waals surface area contributed by atoms with Crippen molar-refractivity contribution in [3.05, 3.63) is 12.2 Å². The van der Waals surface area contributed by atoms with E-state index in [2.05, 4.69) is 16.0 Å². The third kappa shape index (κ3) is 8.26. The van der Waals surface area contributed by atoms with Gasteiger partial charge in [0.15, 0.2) is 11.6 Å². The molecule has 166 valence electrons. The fourth-order valence-electron chi connectivity index (χ4n) is 3.62. The summed E-state index contributed by atoms with van der Waals surface area (Å²) in [6, 6.07) is 0.0407. The first-order chi connectivity index (χ1) is 13.5. The van der Waals surface area contributed by atoms with Crippen LogP contribution in [0.5, 0.6) is 0 Å². The maximum atomic E-state index is 13.1. The predicted molar refractivity (Wildman–Crippen MR) is 115 cm³/mol. The van der Waals surface area contributed by atoms with Gasteiger partial charge in [0.2, 0.25) is 0 Å². The molecule has 0 aromatic heterocycles. The van der Waals surface area contributed by atoms with E-state index >= 15 is 0 Å². The van der Waals surface area contributed by atoms with Gasteiger partial charge < -0.3 is 15.4 Å². The summed E-state index contributed by atoms with van der Waals surface area (Å²) in [6.45, 7) is 11.7. The number of alkyl carbamates (subject to hydrolysis) is 1. The maximum absolute atomic E-state index is 13.1. The fraction of sp³-hybridized carbons (Fsp3) is 0.773. The van der Waals surface area contributed by atoms with E-state index in [4.69, 9.17) is 4.74 Å². The Hall–Kier alpha value is -1.73. The van der Waals surface area contributed by atoms with Crippen LogP contribution in [-0.4, -0.2) is 54.5 Å². The van der Waals surface area contributed by atoms with Gasteiger partial charge in [-0.25, -0.2) is 4.79 Å². The Morgan fingerprint density at radius 3 is 2.45 bits per heavy atom. The van der Waals surface area contributed by atoms with Gasteiger partial charge in [-0.1, -0.05) is 32.4 Å². The van der Waals surface area contributed by atoms with Crippen molar-refractivity contribution in [2.45, 2.75) is 84.3 Å². The van der Waals surface area contributed by atoms with E-state index in [9.17, 15) is 14.4 Å². The van der Waals surface area contributed by atoms with Crippen LogP contribution in [0.15, 0.2) is 12.2 Å². The summed E-state index contributed by atoms with van der Waals surface area (Å²) in [4.78, 5) is 37.9. The Morgan fingerprint density at radius 2 is 1.83 bits per heavy atom. The van der Waals surface area contributed by atoms with E-state index in [0.717, 1.165) is 19.3 Å². The van der Waals surface area contributed by atoms with Gasteiger partial charge in [0, 0.05) is 18.5 Å². The highest BCUT2D eigenvalue weighted by Crippen LogP contribution is 2.21. The van der Waals surface area contributed by atoms with Crippen molar-refractivity contribution in [3.8, 4) is 0 Å². The maximum Gasteiger partial charge on any atom is 0.407 e. The van der Waals surface area contributed by atoms with Gasteiger partial charge in [-0.3, -0.25) is 14.9 Å². The Balaban J connectivity index is 3.07. The quantitative estimate of drug-likeness (QED) is 0.618. The second-order valence-electron chi connectivity index (χ2n) is 8.93. The number of ether oxygens (including phenoxy) is 1. The summed E-state index contributed by atoms with van der Waals surface area (Å²) in [6.07, 6.45) is 6.56. The third-order valence-electron chi connectivity index (χ3n) is 5.29. The van der Waals surface area contributed by atoms with Crippen molar-refractivity contribution in [2.75, 3.05) is 19.7 Å². The van der Waals surface area contributed by atoms with Crippen LogP contribution in [0.25, 0.3) is 0 Å². The number of cyclic esters (lactones) is 1. The van der Waals surface area contributed by atoms with E-state index in [1.54, 1.807) is 6.92 Å². The average molecular weight is 410 g/mol. The molecule has 1 amide bonds. The number of hydrogen-bond donors (Lipinski definition) is 3. The van der Waals surface area contributed by atoms with Crippen molar-refractivity contribution in [1.29, 1.82) is 0 Å². The highest BCUT2D eigenvalue weighted by Gasteiger charge is 2.38. The lowest BCUT2D eigenvalue weighted by molar-refractivity contribution is -0.129. The molecule has 0 aromatic carbocycles. The summed E-state index contributed by atoms with van der Waals surface area (Å²) in [5.41, 5.74) is -1.73. The number of rotatable bonds is 4. The van der Waals surface area contributed by atoms with Crippen LogP contribution in [0, 0.1) is 5.92 Å². The monoisotopic (exact) mass is 409 g/mol. The lowest BCUT2D eigenvalue weighted by Crippen LogP contribution is -2.63. The smallest absolute Gasteiger partial charge is 0.407 e. The SMILES string of the molecule is CC(C)NC1(C)CNC(=O)OC/C=C/CCCCC(C)(C(=O)C(C)C)NCC1=O. The van der Waals surface area contributed by atoms with Crippen LogP contribution in [0.4, 0.5) is 4.79 Å².